The normalized spacial score (nSPS) is 14.3. The Bertz CT molecular complexity index is 66.1. The lowest BCUT2D eigenvalue weighted by molar-refractivity contribution is 0.295. The molecule has 0 aromatic heterocycles. The SMILES string of the molecule is CC(C)[S+]([O-])CCCO. The summed E-state index contributed by atoms with van der Waals surface area (Å²) in [5.74, 6) is 0.633. The monoisotopic (exact) mass is 150 g/mol. The van der Waals surface area contributed by atoms with Crippen molar-refractivity contribution in [1.82, 2.24) is 0 Å². The van der Waals surface area contributed by atoms with E-state index in [0.29, 0.717) is 12.2 Å². The zero-order valence-corrected chi connectivity index (χ0v) is 6.78. The Hall–Kier alpha value is 0.270. The molecular weight excluding hydrogens is 136 g/mol. The van der Waals surface area contributed by atoms with Crippen LogP contribution < -0.4 is 0 Å². The summed E-state index contributed by atoms with van der Waals surface area (Å²) in [5, 5.41) is 8.60. The van der Waals surface area contributed by atoms with E-state index >= 15 is 0 Å². The highest BCUT2D eigenvalue weighted by atomic mass is 32.2. The van der Waals surface area contributed by atoms with Crippen molar-refractivity contribution in [2.75, 3.05) is 12.4 Å². The van der Waals surface area contributed by atoms with Crippen LogP contribution in [0.3, 0.4) is 0 Å². The van der Waals surface area contributed by atoms with E-state index in [2.05, 4.69) is 0 Å². The van der Waals surface area contributed by atoms with Gasteiger partial charge < -0.3 is 9.66 Å². The van der Waals surface area contributed by atoms with Gasteiger partial charge in [0.1, 0.15) is 11.0 Å². The van der Waals surface area contributed by atoms with Gasteiger partial charge in [-0.25, -0.2) is 0 Å². The van der Waals surface area contributed by atoms with E-state index in [4.69, 9.17) is 5.11 Å². The first kappa shape index (κ1) is 9.27. The van der Waals surface area contributed by atoms with E-state index in [0.717, 1.165) is 0 Å². The molecular formula is C6H14O2S. The van der Waals surface area contributed by atoms with Gasteiger partial charge >= 0.3 is 0 Å². The van der Waals surface area contributed by atoms with Crippen LogP contribution in [-0.2, 0) is 11.2 Å². The van der Waals surface area contributed by atoms with Crippen LogP contribution in [0, 0.1) is 0 Å². The van der Waals surface area contributed by atoms with Gasteiger partial charge in [0.2, 0.25) is 0 Å². The minimum atomic E-state index is -0.732. The van der Waals surface area contributed by atoms with Gasteiger partial charge in [-0.2, -0.15) is 0 Å². The molecule has 0 saturated heterocycles. The van der Waals surface area contributed by atoms with Gasteiger partial charge in [0.25, 0.3) is 0 Å². The van der Waals surface area contributed by atoms with Crippen LogP contribution >= 0.6 is 0 Å². The minimum absolute atomic E-state index is 0.151. The zero-order valence-electron chi connectivity index (χ0n) is 5.96. The number of rotatable bonds is 4. The topological polar surface area (TPSA) is 43.3 Å². The van der Waals surface area contributed by atoms with Gasteiger partial charge in [-0.3, -0.25) is 0 Å². The molecule has 0 saturated carbocycles. The lowest BCUT2D eigenvalue weighted by Crippen LogP contribution is -2.18. The van der Waals surface area contributed by atoms with Crippen LogP contribution in [0.15, 0.2) is 0 Å². The van der Waals surface area contributed by atoms with E-state index in [1.54, 1.807) is 0 Å². The molecule has 0 aliphatic heterocycles. The Morgan fingerprint density at radius 3 is 2.44 bits per heavy atom. The molecule has 9 heavy (non-hydrogen) atoms. The Morgan fingerprint density at radius 2 is 2.11 bits per heavy atom. The van der Waals surface area contributed by atoms with E-state index in [1.165, 1.54) is 0 Å². The Balaban J connectivity index is 3.16. The van der Waals surface area contributed by atoms with Crippen molar-refractivity contribution in [1.29, 1.82) is 0 Å². The number of hydrogen-bond donors (Lipinski definition) is 1. The van der Waals surface area contributed by atoms with Crippen LogP contribution in [0.2, 0.25) is 0 Å². The summed E-state index contributed by atoms with van der Waals surface area (Å²) >= 11 is -0.732. The van der Waals surface area contributed by atoms with Crippen LogP contribution in [-0.4, -0.2) is 27.3 Å². The first-order chi connectivity index (χ1) is 4.18. The second-order valence-corrected chi connectivity index (χ2v) is 4.32. The van der Waals surface area contributed by atoms with Crippen molar-refractivity contribution >= 4 is 11.2 Å². The van der Waals surface area contributed by atoms with Gasteiger partial charge in [0.15, 0.2) is 0 Å². The summed E-state index contributed by atoms with van der Waals surface area (Å²) in [6, 6.07) is 0. The Labute approximate surface area is 59.5 Å². The molecule has 1 N–H and O–H groups in total. The van der Waals surface area contributed by atoms with Crippen molar-refractivity contribution in [3.05, 3.63) is 0 Å². The lowest BCUT2D eigenvalue weighted by atomic mass is 10.5. The molecule has 0 heterocycles. The summed E-state index contributed by atoms with van der Waals surface area (Å²) in [7, 11) is 0. The maximum Gasteiger partial charge on any atom is 0.110 e. The first-order valence-corrected chi connectivity index (χ1v) is 4.54. The number of hydrogen-bond acceptors (Lipinski definition) is 2. The smallest absolute Gasteiger partial charge is 0.110 e. The van der Waals surface area contributed by atoms with E-state index in [9.17, 15) is 4.55 Å². The van der Waals surface area contributed by atoms with Gasteiger partial charge in [0, 0.05) is 13.0 Å². The molecule has 0 spiro atoms. The predicted molar refractivity (Wildman–Crippen MR) is 39.8 cm³/mol. The molecule has 0 rings (SSSR count). The van der Waals surface area contributed by atoms with Crippen LogP contribution in [0.1, 0.15) is 20.3 Å². The maximum absolute atomic E-state index is 10.9. The van der Waals surface area contributed by atoms with Gasteiger partial charge in [0.05, 0.1) is 0 Å². The summed E-state index contributed by atoms with van der Waals surface area (Å²) in [6.07, 6.45) is 0.658. The highest BCUT2D eigenvalue weighted by Gasteiger charge is 2.08. The summed E-state index contributed by atoms with van der Waals surface area (Å²) < 4.78 is 10.9. The molecule has 0 aliphatic rings. The summed E-state index contributed by atoms with van der Waals surface area (Å²) in [5.41, 5.74) is 0. The fourth-order valence-electron chi connectivity index (χ4n) is 0.443. The average Bonchev–Trinajstić information content (AvgIpc) is 1.82. The first-order valence-electron chi connectivity index (χ1n) is 3.16. The third kappa shape index (κ3) is 4.75. The van der Waals surface area contributed by atoms with Gasteiger partial charge in [-0.1, -0.05) is 11.2 Å². The molecule has 1 atom stereocenters. The Morgan fingerprint density at radius 1 is 1.56 bits per heavy atom. The summed E-state index contributed by atoms with van der Waals surface area (Å²) in [6.45, 7) is 4.00. The van der Waals surface area contributed by atoms with Crippen molar-refractivity contribution in [3.8, 4) is 0 Å². The quantitative estimate of drug-likeness (QED) is 0.594. The summed E-state index contributed by atoms with van der Waals surface area (Å²) in [4.78, 5) is 0. The maximum atomic E-state index is 10.9. The molecule has 0 amide bonds. The van der Waals surface area contributed by atoms with Crippen molar-refractivity contribution in [3.63, 3.8) is 0 Å². The van der Waals surface area contributed by atoms with Crippen molar-refractivity contribution in [2.45, 2.75) is 25.5 Å². The molecule has 0 fully saturated rings. The lowest BCUT2D eigenvalue weighted by Gasteiger charge is -2.12. The molecule has 2 nitrogen and oxygen atoms in total. The molecule has 0 aromatic rings. The highest BCUT2D eigenvalue weighted by Crippen LogP contribution is 2.01. The molecule has 3 heteroatoms. The third-order valence-corrected chi connectivity index (χ3v) is 2.77. The second kappa shape index (κ2) is 5.09. The van der Waals surface area contributed by atoms with Gasteiger partial charge in [-0.05, 0) is 13.8 Å². The fourth-order valence-corrected chi connectivity index (χ4v) is 1.33. The fraction of sp³-hybridized carbons (Fsp3) is 1.00. The van der Waals surface area contributed by atoms with E-state index < -0.39 is 11.2 Å². The minimum Gasteiger partial charge on any atom is -0.616 e. The average molecular weight is 150 g/mol. The van der Waals surface area contributed by atoms with Crippen LogP contribution in [0.25, 0.3) is 0 Å². The molecule has 0 aliphatic carbocycles. The predicted octanol–water partition coefficient (Wildman–Crippen LogP) is 0.526. The second-order valence-electron chi connectivity index (χ2n) is 2.21. The van der Waals surface area contributed by atoms with Crippen molar-refractivity contribution < 1.29 is 9.66 Å². The molecule has 1 unspecified atom stereocenters. The molecule has 0 bridgehead atoms. The highest BCUT2D eigenvalue weighted by molar-refractivity contribution is 7.91. The third-order valence-electron chi connectivity index (χ3n) is 1.03. The van der Waals surface area contributed by atoms with Gasteiger partial charge in [-0.15, -0.1) is 0 Å². The van der Waals surface area contributed by atoms with E-state index in [1.807, 2.05) is 13.8 Å². The molecule has 56 valence electrons. The Kier molecular flexibility index (Phi) is 5.24. The van der Waals surface area contributed by atoms with Crippen LogP contribution in [0.5, 0.6) is 0 Å². The number of aliphatic hydroxyl groups excluding tert-OH is 1. The zero-order chi connectivity index (χ0) is 7.28. The van der Waals surface area contributed by atoms with E-state index in [-0.39, 0.29) is 11.9 Å². The van der Waals surface area contributed by atoms with Crippen molar-refractivity contribution in [2.24, 2.45) is 0 Å². The largest absolute Gasteiger partial charge is 0.616 e. The molecule has 0 radical (unpaired) electrons. The molecule has 0 aromatic carbocycles. The van der Waals surface area contributed by atoms with Crippen LogP contribution in [0.4, 0.5) is 0 Å². The number of aliphatic hydroxyl groups is 1. The standard InChI is InChI=1S/C6H14O2S/c1-6(2)9(8)5-3-4-7/h6-7H,3-5H2,1-2H3.